The normalized spacial score (nSPS) is 14.6. The maximum Gasteiger partial charge on any atom is 0.179 e. The SMILES string of the molecule is CC(N)c1cc(C(C)(C)C)cc(S(C)(=O)=O)c1O. The van der Waals surface area contributed by atoms with Crippen LogP contribution >= 0.6 is 0 Å². The number of nitrogens with two attached hydrogens (primary N) is 1. The smallest absolute Gasteiger partial charge is 0.179 e. The minimum atomic E-state index is -3.48. The summed E-state index contributed by atoms with van der Waals surface area (Å²) in [6.45, 7) is 7.66. The van der Waals surface area contributed by atoms with E-state index in [1.165, 1.54) is 6.07 Å². The first-order valence-corrected chi connectivity index (χ1v) is 7.66. The molecule has 0 aliphatic heterocycles. The molecule has 1 aromatic rings. The Morgan fingerprint density at radius 3 is 2.11 bits per heavy atom. The largest absolute Gasteiger partial charge is 0.506 e. The van der Waals surface area contributed by atoms with Gasteiger partial charge in [0.15, 0.2) is 9.84 Å². The molecule has 1 aromatic carbocycles. The topological polar surface area (TPSA) is 80.4 Å². The summed E-state index contributed by atoms with van der Waals surface area (Å²) in [5, 5.41) is 10.0. The Morgan fingerprint density at radius 2 is 1.78 bits per heavy atom. The number of benzene rings is 1. The third kappa shape index (κ3) is 3.03. The second kappa shape index (κ2) is 4.55. The van der Waals surface area contributed by atoms with Crippen molar-refractivity contribution in [2.75, 3.05) is 6.26 Å². The average molecular weight is 271 g/mol. The zero-order valence-electron chi connectivity index (χ0n) is 11.5. The molecule has 1 rings (SSSR count). The van der Waals surface area contributed by atoms with E-state index >= 15 is 0 Å². The minimum absolute atomic E-state index is 0.0535. The second-order valence-corrected chi connectivity index (χ2v) is 7.71. The van der Waals surface area contributed by atoms with Crippen molar-refractivity contribution in [1.82, 2.24) is 0 Å². The molecule has 0 fully saturated rings. The van der Waals surface area contributed by atoms with Gasteiger partial charge in [0.05, 0.1) is 0 Å². The highest BCUT2D eigenvalue weighted by Crippen LogP contribution is 2.35. The summed E-state index contributed by atoms with van der Waals surface area (Å²) in [6.07, 6.45) is 1.08. The number of sulfone groups is 1. The monoisotopic (exact) mass is 271 g/mol. The van der Waals surface area contributed by atoms with Gasteiger partial charge in [0.2, 0.25) is 0 Å². The number of phenols is 1. The molecule has 3 N–H and O–H groups in total. The Balaban J connectivity index is 3.69. The van der Waals surface area contributed by atoms with Crippen LogP contribution in [0.2, 0.25) is 0 Å². The van der Waals surface area contributed by atoms with Crippen LogP contribution in [0.4, 0.5) is 0 Å². The molecule has 0 aliphatic rings. The first-order chi connectivity index (χ1) is 7.94. The van der Waals surface area contributed by atoms with Gasteiger partial charge in [-0.1, -0.05) is 20.8 Å². The summed E-state index contributed by atoms with van der Waals surface area (Å²) in [5.74, 6) is -0.236. The van der Waals surface area contributed by atoms with Crippen molar-refractivity contribution in [3.05, 3.63) is 23.3 Å². The van der Waals surface area contributed by atoms with Gasteiger partial charge in [-0.25, -0.2) is 8.42 Å². The molecular weight excluding hydrogens is 250 g/mol. The van der Waals surface area contributed by atoms with Gasteiger partial charge in [0.25, 0.3) is 0 Å². The van der Waals surface area contributed by atoms with E-state index in [1.807, 2.05) is 20.8 Å². The molecule has 0 saturated heterocycles. The van der Waals surface area contributed by atoms with Crippen molar-refractivity contribution in [2.24, 2.45) is 5.73 Å². The number of aromatic hydroxyl groups is 1. The molecule has 5 heteroatoms. The fourth-order valence-electron chi connectivity index (χ4n) is 1.69. The maximum atomic E-state index is 11.7. The molecule has 1 atom stereocenters. The van der Waals surface area contributed by atoms with E-state index in [-0.39, 0.29) is 16.1 Å². The Morgan fingerprint density at radius 1 is 1.28 bits per heavy atom. The van der Waals surface area contributed by atoms with Gasteiger partial charge < -0.3 is 10.8 Å². The average Bonchev–Trinajstić information content (AvgIpc) is 2.13. The van der Waals surface area contributed by atoms with Crippen molar-refractivity contribution in [3.8, 4) is 5.75 Å². The number of hydrogen-bond acceptors (Lipinski definition) is 4. The predicted octanol–water partition coefficient (Wildman–Crippen LogP) is 2.11. The fourth-order valence-corrected chi connectivity index (χ4v) is 2.50. The van der Waals surface area contributed by atoms with Crippen molar-refractivity contribution >= 4 is 9.84 Å². The van der Waals surface area contributed by atoms with E-state index in [9.17, 15) is 13.5 Å². The summed E-state index contributed by atoms with van der Waals surface area (Å²) in [7, 11) is -3.48. The molecule has 0 aromatic heterocycles. The van der Waals surface area contributed by atoms with Gasteiger partial charge in [0, 0.05) is 17.9 Å². The van der Waals surface area contributed by atoms with E-state index in [0.29, 0.717) is 5.56 Å². The summed E-state index contributed by atoms with van der Waals surface area (Å²) in [6, 6.07) is 2.87. The molecule has 0 heterocycles. The van der Waals surface area contributed by atoms with E-state index in [1.54, 1.807) is 13.0 Å². The molecule has 0 radical (unpaired) electrons. The van der Waals surface area contributed by atoms with Crippen LogP contribution in [-0.2, 0) is 15.3 Å². The second-order valence-electron chi connectivity index (χ2n) is 5.72. The van der Waals surface area contributed by atoms with Gasteiger partial charge in [0.1, 0.15) is 10.6 Å². The summed E-state index contributed by atoms with van der Waals surface area (Å²) in [5.41, 5.74) is 6.87. The lowest BCUT2D eigenvalue weighted by Crippen LogP contribution is -2.15. The molecule has 0 amide bonds. The van der Waals surface area contributed by atoms with Crippen LogP contribution in [-0.4, -0.2) is 19.8 Å². The van der Waals surface area contributed by atoms with Crippen molar-refractivity contribution in [3.63, 3.8) is 0 Å². The Kier molecular flexibility index (Phi) is 3.79. The Hall–Kier alpha value is -1.07. The lowest BCUT2D eigenvalue weighted by molar-refractivity contribution is 0.445. The van der Waals surface area contributed by atoms with E-state index in [2.05, 4.69) is 0 Å². The molecule has 18 heavy (non-hydrogen) atoms. The number of phenolic OH excluding ortho intramolecular Hbond substituents is 1. The van der Waals surface area contributed by atoms with E-state index in [0.717, 1.165) is 11.8 Å². The fraction of sp³-hybridized carbons (Fsp3) is 0.538. The standard InChI is InChI=1S/C13H21NO3S/c1-8(14)10-6-9(13(2,3)4)7-11(12(10)15)18(5,16)17/h6-8,15H,14H2,1-5H3. The van der Waals surface area contributed by atoms with Crippen LogP contribution in [0, 0.1) is 0 Å². The van der Waals surface area contributed by atoms with Crippen LogP contribution in [0.1, 0.15) is 44.9 Å². The van der Waals surface area contributed by atoms with Gasteiger partial charge in [-0.15, -0.1) is 0 Å². The highest BCUT2D eigenvalue weighted by molar-refractivity contribution is 7.90. The van der Waals surface area contributed by atoms with Gasteiger partial charge in [-0.3, -0.25) is 0 Å². The van der Waals surface area contributed by atoms with Crippen LogP contribution in [0.25, 0.3) is 0 Å². The van der Waals surface area contributed by atoms with E-state index < -0.39 is 15.9 Å². The quantitative estimate of drug-likeness (QED) is 0.863. The van der Waals surface area contributed by atoms with Crippen LogP contribution in [0.15, 0.2) is 17.0 Å². The minimum Gasteiger partial charge on any atom is -0.506 e. The summed E-state index contributed by atoms with van der Waals surface area (Å²) < 4.78 is 23.4. The summed E-state index contributed by atoms with van der Waals surface area (Å²) in [4.78, 5) is -0.0535. The zero-order chi connectivity index (χ0) is 14.3. The molecular formula is C13H21NO3S. The van der Waals surface area contributed by atoms with Gasteiger partial charge in [-0.2, -0.15) is 0 Å². The lowest BCUT2D eigenvalue weighted by Gasteiger charge is -2.23. The Bertz CT molecular complexity index is 554. The zero-order valence-corrected chi connectivity index (χ0v) is 12.3. The Labute approximate surface area is 109 Å². The predicted molar refractivity (Wildman–Crippen MR) is 72.5 cm³/mol. The van der Waals surface area contributed by atoms with Crippen molar-refractivity contribution in [1.29, 1.82) is 0 Å². The number of rotatable bonds is 2. The molecule has 0 bridgehead atoms. The molecule has 4 nitrogen and oxygen atoms in total. The molecule has 0 saturated carbocycles. The van der Waals surface area contributed by atoms with Gasteiger partial charge >= 0.3 is 0 Å². The third-order valence-electron chi connectivity index (χ3n) is 2.86. The number of hydrogen-bond donors (Lipinski definition) is 2. The maximum absolute atomic E-state index is 11.7. The first-order valence-electron chi connectivity index (χ1n) is 5.77. The highest BCUT2D eigenvalue weighted by atomic mass is 32.2. The third-order valence-corrected chi connectivity index (χ3v) is 3.97. The van der Waals surface area contributed by atoms with Gasteiger partial charge in [-0.05, 0) is 30.0 Å². The molecule has 102 valence electrons. The van der Waals surface area contributed by atoms with Crippen LogP contribution < -0.4 is 5.73 Å². The van der Waals surface area contributed by atoms with E-state index in [4.69, 9.17) is 5.73 Å². The molecule has 0 spiro atoms. The molecule has 0 aliphatic carbocycles. The van der Waals surface area contributed by atoms with Crippen molar-refractivity contribution < 1.29 is 13.5 Å². The summed E-state index contributed by atoms with van der Waals surface area (Å²) >= 11 is 0. The van der Waals surface area contributed by atoms with Crippen molar-refractivity contribution in [2.45, 2.75) is 44.0 Å². The highest BCUT2D eigenvalue weighted by Gasteiger charge is 2.24. The van der Waals surface area contributed by atoms with Crippen LogP contribution in [0.5, 0.6) is 5.75 Å². The first kappa shape index (κ1) is 15.0. The van der Waals surface area contributed by atoms with Crippen LogP contribution in [0.3, 0.4) is 0 Å². The lowest BCUT2D eigenvalue weighted by atomic mass is 9.85. The molecule has 1 unspecified atom stereocenters.